The number of aromatic amines is 2. The number of rotatable bonds is 6. The minimum absolute atomic E-state index is 0.0203. The summed E-state index contributed by atoms with van der Waals surface area (Å²) in [5.74, 6) is -3.09. The minimum Gasteiger partial charge on any atom is -0.348 e. The largest absolute Gasteiger partial charge is 0.348 e. The minimum atomic E-state index is -1.37. The second-order valence-corrected chi connectivity index (χ2v) is 7.49. The van der Waals surface area contributed by atoms with Gasteiger partial charge in [-0.25, -0.2) is 27.5 Å². The zero-order valence-electron chi connectivity index (χ0n) is 17.2. The molecule has 2 aromatic heterocycles. The summed E-state index contributed by atoms with van der Waals surface area (Å²) < 4.78 is 41.8. The predicted molar refractivity (Wildman–Crippen MR) is 113 cm³/mol. The van der Waals surface area contributed by atoms with Gasteiger partial charge in [-0.15, -0.1) is 0 Å². The lowest BCUT2D eigenvalue weighted by Gasteiger charge is -2.22. The van der Waals surface area contributed by atoms with Gasteiger partial charge in [0.15, 0.2) is 0 Å². The maximum atomic E-state index is 14.2. The summed E-state index contributed by atoms with van der Waals surface area (Å²) in [5, 5.41) is 2.44. The highest BCUT2D eigenvalue weighted by atomic mass is 19.1. The van der Waals surface area contributed by atoms with E-state index in [1.54, 1.807) is 0 Å². The van der Waals surface area contributed by atoms with Crippen LogP contribution in [0.2, 0.25) is 0 Å². The van der Waals surface area contributed by atoms with Crippen LogP contribution >= 0.6 is 0 Å². The number of fused-ring (bicyclic) bond motifs is 1. The maximum Gasteiger partial charge on any atom is 0.329 e. The lowest BCUT2D eigenvalue weighted by atomic mass is 10.1. The summed E-state index contributed by atoms with van der Waals surface area (Å²) in [5.41, 5.74) is -1.16. The molecule has 0 saturated heterocycles. The quantitative estimate of drug-likeness (QED) is 0.413. The van der Waals surface area contributed by atoms with E-state index in [0.717, 1.165) is 18.2 Å². The number of amides is 1. The topological polar surface area (TPSA) is 113 Å². The van der Waals surface area contributed by atoms with Gasteiger partial charge < -0.3 is 15.3 Å². The van der Waals surface area contributed by atoms with Crippen LogP contribution in [0.4, 0.5) is 13.2 Å². The van der Waals surface area contributed by atoms with Crippen molar-refractivity contribution in [1.29, 1.82) is 0 Å². The number of halogens is 3. The molecule has 0 fully saturated rings. The number of H-pyrrole nitrogens is 2. The molecular formula is C22H18F3N5O3. The van der Waals surface area contributed by atoms with Gasteiger partial charge in [-0.1, -0.05) is 6.07 Å². The van der Waals surface area contributed by atoms with Gasteiger partial charge in [-0.3, -0.25) is 9.59 Å². The summed E-state index contributed by atoms with van der Waals surface area (Å²) in [4.78, 5) is 48.2. The average Bonchev–Trinajstić information content (AvgIpc) is 3.26. The van der Waals surface area contributed by atoms with Crippen LogP contribution in [0.3, 0.4) is 0 Å². The molecule has 11 heteroatoms. The number of hydrogen-bond acceptors (Lipinski definition) is 4. The number of nitrogens with zero attached hydrogens (tertiary/aromatic N) is 2. The summed E-state index contributed by atoms with van der Waals surface area (Å²) in [6.07, 6.45) is 2.65. The molecule has 0 aliphatic carbocycles. The van der Waals surface area contributed by atoms with E-state index in [2.05, 4.69) is 20.3 Å². The van der Waals surface area contributed by atoms with E-state index in [4.69, 9.17) is 0 Å². The molecule has 0 saturated carbocycles. The van der Waals surface area contributed by atoms with Gasteiger partial charge >= 0.3 is 5.69 Å². The first-order chi connectivity index (χ1) is 15.7. The Labute approximate surface area is 184 Å². The summed E-state index contributed by atoms with van der Waals surface area (Å²) >= 11 is 0. The second kappa shape index (κ2) is 8.77. The van der Waals surface area contributed by atoms with Crippen molar-refractivity contribution in [3.63, 3.8) is 0 Å². The normalized spacial score (nSPS) is 13.1. The molecule has 0 aliphatic rings. The molecule has 0 spiro atoms. The summed E-state index contributed by atoms with van der Waals surface area (Å²) in [7, 11) is 0. The van der Waals surface area contributed by atoms with E-state index in [1.165, 1.54) is 31.6 Å². The molecule has 0 unspecified atom stereocenters. The van der Waals surface area contributed by atoms with E-state index in [-0.39, 0.29) is 22.9 Å². The van der Waals surface area contributed by atoms with E-state index in [1.807, 2.05) is 0 Å². The van der Waals surface area contributed by atoms with Crippen molar-refractivity contribution in [3.8, 4) is 0 Å². The standard InChI is InChI=1S/C22H18F3N5O3/c1-11(15-4-2-13(24)7-17(15)25)28-20(31)19(8-14-9-26-10-27-14)30-21(32)16-6-12(23)3-5-18(16)29-22(30)33/h2-7,9-11,19H,8H2,1H3,(H,26,27)(H,28,31)(H,29,33)/t11-,19+/m0/s1. The second-order valence-electron chi connectivity index (χ2n) is 7.49. The lowest BCUT2D eigenvalue weighted by Crippen LogP contribution is -2.46. The molecule has 1 amide bonds. The summed E-state index contributed by atoms with van der Waals surface area (Å²) in [6.45, 7) is 1.48. The fourth-order valence-electron chi connectivity index (χ4n) is 3.63. The number of hydrogen-bond donors (Lipinski definition) is 3. The van der Waals surface area contributed by atoms with Crippen molar-refractivity contribution in [1.82, 2.24) is 24.8 Å². The third kappa shape index (κ3) is 4.43. The molecule has 0 bridgehead atoms. The Morgan fingerprint density at radius 3 is 2.55 bits per heavy atom. The third-order valence-corrected chi connectivity index (χ3v) is 5.26. The van der Waals surface area contributed by atoms with Crippen LogP contribution < -0.4 is 16.6 Å². The van der Waals surface area contributed by atoms with Gasteiger partial charge in [0.25, 0.3) is 5.56 Å². The Balaban J connectivity index is 1.76. The molecule has 4 aromatic rings. The van der Waals surface area contributed by atoms with Gasteiger partial charge in [0.1, 0.15) is 23.5 Å². The highest BCUT2D eigenvalue weighted by Crippen LogP contribution is 2.20. The van der Waals surface area contributed by atoms with Gasteiger partial charge in [0.2, 0.25) is 5.91 Å². The molecule has 8 nitrogen and oxygen atoms in total. The van der Waals surface area contributed by atoms with Crippen molar-refractivity contribution in [2.45, 2.75) is 25.4 Å². The molecule has 3 N–H and O–H groups in total. The fraction of sp³-hybridized carbons (Fsp3) is 0.182. The number of imidazole rings is 1. The predicted octanol–water partition coefficient (Wildman–Crippen LogP) is 2.49. The molecule has 4 rings (SSSR count). The molecule has 2 atom stereocenters. The molecular weight excluding hydrogens is 439 g/mol. The Hall–Kier alpha value is -4.15. The maximum absolute atomic E-state index is 14.2. The smallest absolute Gasteiger partial charge is 0.329 e. The Morgan fingerprint density at radius 1 is 1.12 bits per heavy atom. The number of carbonyl (C=O) groups excluding carboxylic acids is 1. The van der Waals surface area contributed by atoms with Crippen molar-refractivity contribution in [2.24, 2.45) is 0 Å². The van der Waals surface area contributed by atoms with Crippen LogP contribution in [0.15, 0.2) is 58.5 Å². The monoisotopic (exact) mass is 457 g/mol. The van der Waals surface area contributed by atoms with E-state index in [0.29, 0.717) is 16.3 Å². The Morgan fingerprint density at radius 2 is 1.85 bits per heavy atom. The van der Waals surface area contributed by atoms with Crippen LogP contribution in [0.5, 0.6) is 0 Å². The Kier molecular flexibility index (Phi) is 5.86. The molecule has 33 heavy (non-hydrogen) atoms. The van der Waals surface area contributed by atoms with Gasteiger partial charge in [0.05, 0.1) is 23.3 Å². The first kappa shape index (κ1) is 22.1. The highest BCUT2D eigenvalue weighted by molar-refractivity contribution is 5.82. The summed E-state index contributed by atoms with van der Waals surface area (Å²) in [6, 6.07) is 3.96. The molecule has 170 valence electrons. The van der Waals surface area contributed by atoms with Crippen molar-refractivity contribution in [2.75, 3.05) is 0 Å². The van der Waals surface area contributed by atoms with Crippen LogP contribution in [0, 0.1) is 17.5 Å². The molecule has 2 heterocycles. The number of benzene rings is 2. The van der Waals surface area contributed by atoms with Crippen molar-refractivity contribution < 1.29 is 18.0 Å². The first-order valence-electron chi connectivity index (χ1n) is 9.91. The highest BCUT2D eigenvalue weighted by Gasteiger charge is 2.28. The van der Waals surface area contributed by atoms with Gasteiger partial charge in [-0.05, 0) is 31.2 Å². The first-order valence-corrected chi connectivity index (χ1v) is 9.91. The van der Waals surface area contributed by atoms with Gasteiger partial charge in [-0.2, -0.15) is 0 Å². The van der Waals surface area contributed by atoms with Crippen LogP contribution in [-0.2, 0) is 11.2 Å². The third-order valence-electron chi connectivity index (χ3n) is 5.26. The van der Waals surface area contributed by atoms with Gasteiger partial charge in [0, 0.05) is 29.9 Å². The van der Waals surface area contributed by atoms with E-state index < -0.39 is 46.7 Å². The zero-order valence-corrected chi connectivity index (χ0v) is 17.2. The number of carbonyl (C=O) groups is 1. The molecule has 2 aromatic carbocycles. The van der Waals surface area contributed by atoms with Crippen molar-refractivity contribution >= 4 is 16.8 Å². The zero-order chi connectivity index (χ0) is 23.7. The SMILES string of the molecule is C[C@H](NC(=O)[C@@H](Cc1cnc[nH]1)n1c(=O)[nH]c2ccc(F)cc2c1=O)c1ccc(F)cc1F. The van der Waals surface area contributed by atoms with E-state index >= 15 is 0 Å². The van der Waals surface area contributed by atoms with Crippen molar-refractivity contribution in [3.05, 3.63) is 98.5 Å². The van der Waals surface area contributed by atoms with Crippen LogP contribution in [0.1, 0.15) is 30.3 Å². The Bertz CT molecular complexity index is 1450. The molecule has 0 radical (unpaired) electrons. The number of nitrogens with one attached hydrogen (secondary N) is 3. The van der Waals surface area contributed by atoms with Crippen LogP contribution in [-0.4, -0.2) is 25.4 Å². The molecule has 0 aliphatic heterocycles. The average molecular weight is 457 g/mol. The number of aromatic nitrogens is 4. The van der Waals surface area contributed by atoms with Crippen LogP contribution in [0.25, 0.3) is 10.9 Å². The van der Waals surface area contributed by atoms with E-state index in [9.17, 15) is 27.6 Å². The fourth-order valence-corrected chi connectivity index (χ4v) is 3.63. The lowest BCUT2D eigenvalue weighted by molar-refractivity contribution is -0.125.